The van der Waals surface area contributed by atoms with Crippen molar-refractivity contribution in [1.82, 2.24) is 4.57 Å². The molecule has 0 spiro atoms. The molecular weight excluding hydrogens is 383 g/mol. The lowest BCUT2D eigenvalue weighted by Crippen LogP contribution is -2.11. The molecule has 7 heteroatoms. The molecule has 1 heterocycles. The van der Waals surface area contributed by atoms with E-state index in [1.165, 1.54) is 20.3 Å². The summed E-state index contributed by atoms with van der Waals surface area (Å²) in [7, 11) is 4.59. The van der Waals surface area contributed by atoms with E-state index in [1.807, 2.05) is 29.9 Å². The van der Waals surface area contributed by atoms with Crippen LogP contribution in [-0.2, 0) is 29.1 Å². The molecule has 0 saturated carbocycles. The van der Waals surface area contributed by atoms with E-state index in [4.69, 9.17) is 9.47 Å². The van der Waals surface area contributed by atoms with Gasteiger partial charge in [0, 0.05) is 32.7 Å². The van der Waals surface area contributed by atoms with E-state index in [0.717, 1.165) is 11.8 Å². The lowest BCUT2D eigenvalue weighted by atomic mass is 9.92. The van der Waals surface area contributed by atoms with Crippen LogP contribution >= 0.6 is 0 Å². The van der Waals surface area contributed by atoms with Crippen molar-refractivity contribution in [2.75, 3.05) is 20.8 Å². The summed E-state index contributed by atoms with van der Waals surface area (Å²) in [6.07, 6.45) is -2.03. The number of esters is 1. The van der Waals surface area contributed by atoms with Crippen LogP contribution in [0.4, 0.5) is 13.2 Å². The zero-order chi connectivity index (χ0) is 21.2. The Morgan fingerprint density at radius 1 is 1.14 bits per heavy atom. The van der Waals surface area contributed by atoms with Gasteiger partial charge in [0.15, 0.2) is 0 Å². The quantitative estimate of drug-likeness (QED) is 0.417. The van der Waals surface area contributed by atoms with Crippen LogP contribution in [0.3, 0.4) is 0 Å². The molecule has 1 aromatic heterocycles. The van der Waals surface area contributed by atoms with Crippen molar-refractivity contribution in [2.24, 2.45) is 7.05 Å². The number of alkyl halides is 3. The highest BCUT2D eigenvalue weighted by Gasteiger charge is 2.34. The van der Waals surface area contributed by atoms with Crippen LogP contribution in [0.5, 0.6) is 0 Å². The third kappa shape index (κ3) is 4.29. The molecule has 3 rings (SSSR count). The molecule has 2 aromatic carbocycles. The summed E-state index contributed by atoms with van der Waals surface area (Å²) < 4.78 is 52.9. The van der Waals surface area contributed by atoms with Gasteiger partial charge in [-0.3, -0.25) is 0 Å². The number of aromatic nitrogens is 1. The zero-order valence-corrected chi connectivity index (χ0v) is 16.5. The fourth-order valence-electron chi connectivity index (χ4n) is 3.52. The second-order valence-electron chi connectivity index (χ2n) is 6.84. The van der Waals surface area contributed by atoms with Crippen molar-refractivity contribution in [1.29, 1.82) is 0 Å². The largest absolute Gasteiger partial charge is 0.465 e. The maximum Gasteiger partial charge on any atom is 0.416 e. The molecule has 0 aliphatic carbocycles. The number of nitrogens with zero attached hydrogens (tertiary/aromatic N) is 1. The lowest BCUT2D eigenvalue weighted by molar-refractivity contribution is -0.138. The van der Waals surface area contributed by atoms with Crippen LogP contribution in [-0.4, -0.2) is 31.4 Å². The number of aryl methyl sites for hydroxylation is 2. The highest BCUT2D eigenvalue weighted by atomic mass is 19.4. The van der Waals surface area contributed by atoms with E-state index in [0.29, 0.717) is 29.4 Å². The first kappa shape index (κ1) is 20.9. The van der Waals surface area contributed by atoms with E-state index in [1.54, 1.807) is 12.1 Å². The van der Waals surface area contributed by atoms with Crippen LogP contribution in [0, 0.1) is 0 Å². The standard InChI is InChI=1S/C22H22F3NO3/c1-26-8-4-7-20(26)16-10-15-13-19(22(23,24)25)14(6-5-9-28-2)11-17(15)18(12-16)21(27)29-3/h4,7-8,10-13H,5-6,9H2,1-3H3. The normalized spacial score (nSPS) is 11.8. The molecule has 0 fully saturated rings. The Morgan fingerprint density at radius 2 is 1.90 bits per heavy atom. The van der Waals surface area contributed by atoms with Crippen LogP contribution in [0.25, 0.3) is 22.0 Å². The SMILES string of the molecule is COCCCc1cc2c(C(=O)OC)cc(-c3cccn3C)cc2cc1C(F)(F)F. The summed E-state index contributed by atoms with van der Waals surface area (Å²) in [6, 6.07) is 9.58. The number of hydrogen-bond acceptors (Lipinski definition) is 3. The molecule has 0 aliphatic rings. The smallest absolute Gasteiger partial charge is 0.416 e. The Labute approximate surface area is 166 Å². The number of carbonyl (C=O) groups is 1. The van der Waals surface area contributed by atoms with Gasteiger partial charge >= 0.3 is 12.1 Å². The Hall–Kier alpha value is -2.80. The molecule has 0 atom stereocenters. The van der Waals surface area contributed by atoms with E-state index in [-0.39, 0.29) is 17.5 Å². The average molecular weight is 405 g/mol. The Balaban J connectivity index is 2.27. The average Bonchev–Trinajstić information content (AvgIpc) is 3.11. The summed E-state index contributed by atoms with van der Waals surface area (Å²) in [4.78, 5) is 12.4. The fraction of sp³-hybridized carbons (Fsp3) is 0.318. The number of benzene rings is 2. The molecule has 0 aliphatic heterocycles. The van der Waals surface area contributed by atoms with Gasteiger partial charge < -0.3 is 14.0 Å². The van der Waals surface area contributed by atoms with Crippen molar-refractivity contribution in [3.63, 3.8) is 0 Å². The van der Waals surface area contributed by atoms with Gasteiger partial charge in [0.25, 0.3) is 0 Å². The van der Waals surface area contributed by atoms with Crippen molar-refractivity contribution in [3.05, 3.63) is 59.3 Å². The topological polar surface area (TPSA) is 40.5 Å². The van der Waals surface area contributed by atoms with E-state index >= 15 is 0 Å². The minimum Gasteiger partial charge on any atom is -0.465 e. The number of halogens is 3. The summed E-state index contributed by atoms with van der Waals surface area (Å²) in [6.45, 7) is 0.353. The summed E-state index contributed by atoms with van der Waals surface area (Å²) in [5.74, 6) is -0.589. The third-order valence-corrected chi connectivity index (χ3v) is 4.92. The van der Waals surface area contributed by atoms with Gasteiger partial charge in [0.2, 0.25) is 0 Å². The zero-order valence-electron chi connectivity index (χ0n) is 16.5. The van der Waals surface area contributed by atoms with Gasteiger partial charge in [-0.25, -0.2) is 4.79 Å². The minimum atomic E-state index is -4.50. The fourth-order valence-corrected chi connectivity index (χ4v) is 3.52. The van der Waals surface area contributed by atoms with E-state index in [9.17, 15) is 18.0 Å². The Kier molecular flexibility index (Phi) is 5.98. The molecule has 0 saturated heterocycles. The first-order valence-corrected chi connectivity index (χ1v) is 9.13. The number of ether oxygens (including phenoxy) is 2. The summed E-state index contributed by atoms with van der Waals surface area (Å²) in [5, 5.41) is 0.780. The molecule has 0 amide bonds. The lowest BCUT2D eigenvalue weighted by Gasteiger charge is -2.17. The number of rotatable bonds is 6. The number of fused-ring (bicyclic) bond motifs is 1. The summed E-state index contributed by atoms with van der Waals surface area (Å²) in [5.41, 5.74) is 1.11. The highest BCUT2D eigenvalue weighted by Crippen LogP contribution is 2.37. The second kappa shape index (κ2) is 8.29. The van der Waals surface area contributed by atoms with Crippen molar-refractivity contribution < 1.29 is 27.4 Å². The van der Waals surface area contributed by atoms with Crippen LogP contribution in [0.1, 0.15) is 27.9 Å². The van der Waals surface area contributed by atoms with Gasteiger partial charge in [0.1, 0.15) is 0 Å². The van der Waals surface area contributed by atoms with Crippen molar-refractivity contribution in [2.45, 2.75) is 19.0 Å². The third-order valence-electron chi connectivity index (χ3n) is 4.92. The van der Waals surface area contributed by atoms with E-state index in [2.05, 4.69) is 0 Å². The highest BCUT2D eigenvalue weighted by molar-refractivity contribution is 6.06. The Bertz CT molecular complexity index is 1040. The minimum absolute atomic E-state index is 0.138. The number of hydrogen-bond donors (Lipinski definition) is 0. The molecule has 4 nitrogen and oxygen atoms in total. The maximum absolute atomic E-state index is 13.7. The monoisotopic (exact) mass is 405 g/mol. The maximum atomic E-state index is 13.7. The number of methoxy groups -OCH3 is 2. The Morgan fingerprint density at radius 3 is 2.48 bits per heavy atom. The molecule has 0 unspecified atom stereocenters. The van der Waals surface area contributed by atoms with Gasteiger partial charge in [0.05, 0.1) is 18.2 Å². The predicted molar refractivity (Wildman–Crippen MR) is 105 cm³/mol. The van der Waals surface area contributed by atoms with Gasteiger partial charge in [-0.2, -0.15) is 13.2 Å². The molecule has 0 bridgehead atoms. The van der Waals surface area contributed by atoms with Crippen molar-refractivity contribution in [3.8, 4) is 11.3 Å². The molecule has 154 valence electrons. The first-order valence-electron chi connectivity index (χ1n) is 9.13. The van der Waals surface area contributed by atoms with Crippen molar-refractivity contribution >= 4 is 16.7 Å². The van der Waals surface area contributed by atoms with Gasteiger partial charge in [-0.15, -0.1) is 0 Å². The second-order valence-corrected chi connectivity index (χ2v) is 6.84. The van der Waals surface area contributed by atoms with Crippen LogP contribution < -0.4 is 0 Å². The van der Waals surface area contributed by atoms with E-state index < -0.39 is 17.7 Å². The predicted octanol–water partition coefficient (Wildman–Crippen LogP) is 5.23. The van der Waals surface area contributed by atoms with Gasteiger partial charge in [-0.1, -0.05) is 0 Å². The number of carbonyl (C=O) groups excluding carboxylic acids is 1. The first-order chi connectivity index (χ1) is 13.8. The van der Waals surface area contributed by atoms with Gasteiger partial charge in [-0.05, 0) is 71.1 Å². The summed E-state index contributed by atoms with van der Waals surface area (Å²) >= 11 is 0. The van der Waals surface area contributed by atoms with Crippen LogP contribution in [0.15, 0.2) is 42.6 Å². The molecular formula is C22H22F3NO3. The van der Waals surface area contributed by atoms with Crippen LogP contribution in [0.2, 0.25) is 0 Å². The molecule has 29 heavy (non-hydrogen) atoms. The molecule has 0 radical (unpaired) electrons. The molecule has 3 aromatic rings. The molecule has 0 N–H and O–H groups in total.